The van der Waals surface area contributed by atoms with Crippen molar-refractivity contribution in [2.45, 2.75) is 25.2 Å². The highest BCUT2D eigenvalue weighted by Crippen LogP contribution is 2.51. The molecule has 3 heteroatoms. The molecule has 0 aromatic heterocycles. The summed E-state index contributed by atoms with van der Waals surface area (Å²) in [7, 11) is 1.58. The molecule has 2 atom stereocenters. The number of para-hydroxylation sites is 1. The summed E-state index contributed by atoms with van der Waals surface area (Å²) < 4.78 is 5.26. The molecule has 0 heterocycles. The Morgan fingerprint density at radius 1 is 1.50 bits per heavy atom. The third-order valence-electron chi connectivity index (χ3n) is 3.78. The standard InChI is InChI=1S/C13H16O3/c1-9-7-8-13(9,12(14)15)10-5-3-4-6-11(10)16-2/h3-6,9H,7-8H2,1-2H3,(H,14,15). The van der Waals surface area contributed by atoms with Gasteiger partial charge in [0.15, 0.2) is 0 Å². The van der Waals surface area contributed by atoms with Gasteiger partial charge in [-0.1, -0.05) is 25.1 Å². The van der Waals surface area contributed by atoms with Crippen LogP contribution in [-0.4, -0.2) is 18.2 Å². The van der Waals surface area contributed by atoms with Crippen molar-refractivity contribution < 1.29 is 14.6 Å². The summed E-state index contributed by atoms with van der Waals surface area (Å²) in [5, 5.41) is 9.47. The van der Waals surface area contributed by atoms with Crippen LogP contribution >= 0.6 is 0 Å². The average molecular weight is 220 g/mol. The molecule has 0 spiro atoms. The van der Waals surface area contributed by atoms with Crippen molar-refractivity contribution in [3.05, 3.63) is 29.8 Å². The van der Waals surface area contributed by atoms with Crippen LogP contribution in [-0.2, 0) is 10.2 Å². The molecule has 0 saturated heterocycles. The van der Waals surface area contributed by atoms with Crippen LogP contribution in [0.1, 0.15) is 25.3 Å². The molecule has 0 bridgehead atoms. The molecule has 0 radical (unpaired) electrons. The number of rotatable bonds is 3. The molecular weight excluding hydrogens is 204 g/mol. The lowest BCUT2D eigenvalue weighted by atomic mass is 9.57. The first kappa shape index (κ1) is 11.0. The Balaban J connectivity index is 2.52. The fraction of sp³-hybridized carbons (Fsp3) is 0.462. The van der Waals surface area contributed by atoms with Gasteiger partial charge in [-0.3, -0.25) is 4.79 Å². The number of hydrogen-bond acceptors (Lipinski definition) is 2. The first-order chi connectivity index (χ1) is 7.63. The lowest BCUT2D eigenvalue weighted by Crippen LogP contribution is -2.49. The Morgan fingerprint density at radius 3 is 2.62 bits per heavy atom. The highest BCUT2D eigenvalue weighted by molar-refractivity contribution is 5.84. The summed E-state index contributed by atoms with van der Waals surface area (Å²) in [6, 6.07) is 7.42. The molecular formula is C13H16O3. The Hall–Kier alpha value is -1.51. The maximum Gasteiger partial charge on any atom is 0.314 e. The predicted molar refractivity (Wildman–Crippen MR) is 60.7 cm³/mol. The van der Waals surface area contributed by atoms with Crippen LogP contribution in [0.2, 0.25) is 0 Å². The van der Waals surface area contributed by atoms with Crippen molar-refractivity contribution in [1.82, 2.24) is 0 Å². The molecule has 0 aliphatic heterocycles. The second-order valence-electron chi connectivity index (χ2n) is 4.42. The van der Waals surface area contributed by atoms with Crippen LogP contribution in [0.3, 0.4) is 0 Å². The van der Waals surface area contributed by atoms with Crippen molar-refractivity contribution in [1.29, 1.82) is 0 Å². The van der Waals surface area contributed by atoms with Gasteiger partial charge in [-0.25, -0.2) is 0 Å². The van der Waals surface area contributed by atoms with E-state index in [0.29, 0.717) is 12.2 Å². The van der Waals surface area contributed by atoms with Crippen molar-refractivity contribution in [3.8, 4) is 5.75 Å². The molecule has 0 amide bonds. The Morgan fingerprint density at radius 2 is 2.19 bits per heavy atom. The minimum Gasteiger partial charge on any atom is -0.496 e. The van der Waals surface area contributed by atoms with Gasteiger partial charge < -0.3 is 9.84 Å². The van der Waals surface area contributed by atoms with E-state index < -0.39 is 11.4 Å². The van der Waals surface area contributed by atoms with E-state index in [1.807, 2.05) is 31.2 Å². The van der Waals surface area contributed by atoms with Gasteiger partial charge in [0.2, 0.25) is 0 Å². The van der Waals surface area contributed by atoms with E-state index in [1.165, 1.54) is 0 Å². The number of carbonyl (C=O) groups is 1. The Kier molecular flexibility index (Phi) is 2.62. The smallest absolute Gasteiger partial charge is 0.314 e. The van der Waals surface area contributed by atoms with Crippen molar-refractivity contribution in [2.75, 3.05) is 7.11 Å². The van der Waals surface area contributed by atoms with Crippen molar-refractivity contribution in [3.63, 3.8) is 0 Å². The summed E-state index contributed by atoms with van der Waals surface area (Å²) >= 11 is 0. The minimum atomic E-state index is -0.743. The van der Waals surface area contributed by atoms with E-state index in [9.17, 15) is 9.90 Å². The quantitative estimate of drug-likeness (QED) is 0.851. The molecule has 1 N–H and O–H groups in total. The van der Waals surface area contributed by atoms with Crippen LogP contribution in [0, 0.1) is 5.92 Å². The normalized spacial score (nSPS) is 28.2. The fourth-order valence-corrected chi connectivity index (χ4v) is 2.57. The van der Waals surface area contributed by atoms with Crippen molar-refractivity contribution >= 4 is 5.97 Å². The summed E-state index contributed by atoms with van der Waals surface area (Å²) in [5.74, 6) is 0.105. The SMILES string of the molecule is COc1ccccc1C1(C(=O)O)CCC1C. The lowest BCUT2D eigenvalue weighted by Gasteiger charge is -2.45. The number of carboxylic acids is 1. The molecule has 1 aromatic carbocycles. The molecule has 1 aliphatic rings. The zero-order valence-corrected chi connectivity index (χ0v) is 9.56. The number of carboxylic acid groups (broad SMARTS) is 1. The molecule has 1 fully saturated rings. The lowest BCUT2D eigenvalue weighted by molar-refractivity contribution is -0.151. The first-order valence-corrected chi connectivity index (χ1v) is 5.50. The monoisotopic (exact) mass is 220 g/mol. The maximum absolute atomic E-state index is 11.5. The molecule has 16 heavy (non-hydrogen) atoms. The van der Waals surface area contributed by atoms with Gasteiger partial charge in [-0.2, -0.15) is 0 Å². The summed E-state index contributed by atoms with van der Waals surface area (Å²) in [6.45, 7) is 1.99. The summed E-state index contributed by atoms with van der Waals surface area (Å²) in [6.07, 6.45) is 1.66. The number of aliphatic carboxylic acids is 1. The van der Waals surface area contributed by atoms with Gasteiger partial charge >= 0.3 is 5.97 Å². The molecule has 2 rings (SSSR count). The fourth-order valence-electron chi connectivity index (χ4n) is 2.57. The molecule has 3 nitrogen and oxygen atoms in total. The summed E-state index contributed by atoms with van der Waals surface area (Å²) in [4.78, 5) is 11.5. The largest absolute Gasteiger partial charge is 0.496 e. The molecule has 86 valence electrons. The average Bonchev–Trinajstić information content (AvgIpc) is 2.28. The van der Waals surface area contributed by atoms with Gasteiger partial charge in [0, 0.05) is 5.56 Å². The molecule has 1 saturated carbocycles. The Bertz CT molecular complexity index is 413. The van der Waals surface area contributed by atoms with Crippen LogP contribution in [0.4, 0.5) is 0 Å². The van der Waals surface area contributed by atoms with Crippen LogP contribution in [0.25, 0.3) is 0 Å². The third-order valence-corrected chi connectivity index (χ3v) is 3.78. The molecule has 1 aliphatic carbocycles. The summed E-state index contributed by atoms with van der Waals surface area (Å²) in [5.41, 5.74) is 0.0656. The van der Waals surface area contributed by atoms with Gasteiger partial charge in [-0.05, 0) is 24.8 Å². The predicted octanol–water partition coefficient (Wildman–Crippen LogP) is 2.45. The van der Waals surface area contributed by atoms with E-state index in [1.54, 1.807) is 7.11 Å². The number of methoxy groups -OCH3 is 1. The van der Waals surface area contributed by atoms with Gasteiger partial charge in [0.25, 0.3) is 0 Å². The van der Waals surface area contributed by atoms with Gasteiger partial charge in [0.1, 0.15) is 5.75 Å². The highest BCUT2D eigenvalue weighted by Gasteiger charge is 2.53. The zero-order chi connectivity index (χ0) is 11.8. The van der Waals surface area contributed by atoms with E-state index >= 15 is 0 Å². The topological polar surface area (TPSA) is 46.5 Å². The van der Waals surface area contributed by atoms with E-state index in [2.05, 4.69) is 0 Å². The van der Waals surface area contributed by atoms with E-state index in [0.717, 1.165) is 12.0 Å². The van der Waals surface area contributed by atoms with E-state index in [-0.39, 0.29) is 5.92 Å². The number of benzene rings is 1. The van der Waals surface area contributed by atoms with Crippen LogP contribution in [0.5, 0.6) is 5.75 Å². The second kappa shape index (κ2) is 3.81. The number of hydrogen-bond donors (Lipinski definition) is 1. The van der Waals surface area contributed by atoms with Crippen LogP contribution < -0.4 is 4.74 Å². The minimum absolute atomic E-state index is 0.168. The van der Waals surface area contributed by atoms with E-state index in [4.69, 9.17) is 4.74 Å². The zero-order valence-electron chi connectivity index (χ0n) is 9.56. The Labute approximate surface area is 95.0 Å². The van der Waals surface area contributed by atoms with Gasteiger partial charge in [-0.15, -0.1) is 0 Å². The highest BCUT2D eigenvalue weighted by atomic mass is 16.5. The van der Waals surface area contributed by atoms with Crippen molar-refractivity contribution in [2.24, 2.45) is 5.92 Å². The first-order valence-electron chi connectivity index (χ1n) is 5.50. The third kappa shape index (κ3) is 1.31. The van der Waals surface area contributed by atoms with Gasteiger partial charge in [0.05, 0.1) is 12.5 Å². The second-order valence-corrected chi connectivity index (χ2v) is 4.42. The maximum atomic E-state index is 11.5. The van der Waals surface area contributed by atoms with Crippen LogP contribution in [0.15, 0.2) is 24.3 Å². The molecule has 1 aromatic rings. The number of ether oxygens (including phenoxy) is 1. The molecule has 2 unspecified atom stereocenters.